The lowest BCUT2D eigenvalue weighted by Crippen LogP contribution is -2.34. The Morgan fingerprint density at radius 1 is 1.17 bits per heavy atom. The predicted octanol–water partition coefficient (Wildman–Crippen LogP) is -0.301. The topological polar surface area (TPSA) is 123 Å². The molecule has 0 aliphatic rings. The Labute approximate surface area is 104 Å². The highest BCUT2D eigenvalue weighted by molar-refractivity contribution is 5.93. The zero-order chi connectivity index (χ0) is 13.7. The fraction of sp³-hybridized carbons (Fsp3) is 0.250. The van der Waals surface area contributed by atoms with Gasteiger partial charge in [0.05, 0.1) is 12.5 Å². The van der Waals surface area contributed by atoms with Gasteiger partial charge in [-0.25, -0.2) is 0 Å². The number of nitrogens with two attached hydrogens (primary N) is 2. The van der Waals surface area contributed by atoms with Crippen molar-refractivity contribution in [2.24, 2.45) is 11.5 Å². The second kappa shape index (κ2) is 5.92. The van der Waals surface area contributed by atoms with Crippen molar-refractivity contribution in [3.63, 3.8) is 0 Å². The van der Waals surface area contributed by atoms with E-state index in [4.69, 9.17) is 16.6 Å². The van der Waals surface area contributed by atoms with E-state index in [9.17, 15) is 14.4 Å². The minimum Gasteiger partial charge on any atom is -0.481 e. The van der Waals surface area contributed by atoms with Crippen LogP contribution < -0.4 is 11.5 Å². The molecular weight excluding hydrogens is 236 g/mol. The summed E-state index contributed by atoms with van der Waals surface area (Å²) in [5.41, 5.74) is 11.5. The first-order valence-electron chi connectivity index (χ1n) is 5.29. The normalized spacial score (nSPS) is 11.8. The number of hydrogen-bond acceptors (Lipinski definition) is 4. The van der Waals surface area contributed by atoms with Crippen LogP contribution in [0.3, 0.4) is 0 Å². The zero-order valence-electron chi connectivity index (χ0n) is 9.63. The number of hydrogen-bond donors (Lipinski definition) is 3. The molecule has 6 heteroatoms. The molecule has 0 aliphatic carbocycles. The summed E-state index contributed by atoms with van der Waals surface area (Å²) in [5.74, 6) is -2.01. The van der Waals surface area contributed by atoms with E-state index >= 15 is 0 Å². The van der Waals surface area contributed by atoms with Crippen LogP contribution in [0, 0.1) is 0 Å². The van der Waals surface area contributed by atoms with Crippen LogP contribution in [0.2, 0.25) is 0 Å². The van der Waals surface area contributed by atoms with E-state index in [0.29, 0.717) is 11.1 Å². The van der Waals surface area contributed by atoms with Crippen molar-refractivity contribution < 1.29 is 19.5 Å². The highest BCUT2D eigenvalue weighted by atomic mass is 16.4. The van der Waals surface area contributed by atoms with Crippen LogP contribution in [0.25, 0.3) is 0 Å². The molecule has 0 aliphatic heterocycles. The Morgan fingerprint density at radius 2 is 1.72 bits per heavy atom. The standard InChI is InChI=1S/C12H14N2O4/c13-9(6-11(16)17)10(15)5-7-1-3-8(4-2-7)12(14)18/h1-4,9H,5-6,13H2,(H2,14,18)(H,16,17)/t9-/m0/s1. The number of carboxylic acid groups (broad SMARTS) is 1. The van der Waals surface area contributed by atoms with Crippen LogP contribution in [0.1, 0.15) is 22.3 Å². The summed E-state index contributed by atoms with van der Waals surface area (Å²) in [7, 11) is 0. The molecule has 0 radical (unpaired) electrons. The van der Waals surface area contributed by atoms with Crippen LogP contribution in [0.15, 0.2) is 24.3 Å². The molecule has 0 spiro atoms. The van der Waals surface area contributed by atoms with E-state index in [1.807, 2.05) is 0 Å². The molecule has 6 nitrogen and oxygen atoms in total. The Hall–Kier alpha value is -2.21. The first-order valence-corrected chi connectivity index (χ1v) is 5.29. The lowest BCUT2D eigenvalue weighted by atomic mass is 10.0. The monoisotopic (exact) mass is 250 g/mol. The molecule has 1 aromatic carbocycles. The Balaban J connectivity index is 2.64. The highest BCUT2D eigenvalue weighted by Gasteiger charge is 2.17. The van der Waals surface area contributed by atoms with Crippen molar-refractivity contribution in [1.29, 1.82) is 0 Å². The summed E-state index contributed by atoms with van der Waals surface area (Å²) in [6.45, 7) is 0. The van der Waals surface area contributed by atoms with Crippen molar-refractivity contribution in [3.8, 4) is 0 Å². The van der Waals surface area contributed by atoms with E-state index in [2.05, 4.69) is 0 Å². The van der Waals surface area contributed by atoms with E-state index in [1.54, 1.807) is 12.1 Å². The van der Waals surface area contributed by atoms with Gasteiger partial charge >= 0.3 is 5.97 Å². The van der Waals surface area contributed by atoms with Crippen molar-refractivity contribution in [2.45, 2.75) is 18.9 Å². The van der Waals surface area contributed by atoms with Gasteiger partial charge in [-0.15, -0.1) is 0 Å². The molecule has 1 aromatic rings. The molecule has 1 amide bonds. The summed E-state index contributed by atoms with van der Waals surface area (Å²) >= 11 is 0. The van der Waals surface area contributed by atoms with Gasteiger partial charge in [0.25, 0.3) is 0 Å². The van der Waals surface area contributed by atoms with Gasteiger partial charge in [-0.05, 0) is 17.7 Å². The third-order valence-electron chi connectivity index (χ3n) is 2.42. The molecule has 96 valence electrons. The van der Waals surface area contributed by atoms with Crippen LogP contribution in [0.5, 0.6) is 0 Å². The molecule has 0 bridgehead atoms. The van der Waals surface area contributed by atoms with E-state index < -0.39 is 24.3 Å². The molecule has 5 N–H and O–H groups in total. The number of rotatable bonds is 6. The van der Waals surface area contributed by atoms with Crippen molar-refractivity contribution in [1.82, 2.24) is 0 Å². The Bertz CT molecular complexity index is 467. The van der Waals surface area contributed by atoms with Gasteiger partial charge in [0.1, 0.15) is 0 Å². The molecule has 0 aromatic heterocycles. The number of ketones is 1. The molecule has 0 unspecified atom stereocenters. The summed E-state index contributed by atoms with van der Waals surface area (Å²) in [6.07, 6.45) is -0.355. The minimum atomic E-state index is -1.11. The van der Waals surface area contributed by atoms with Crippen molar-refractivity contribution in [3.05, 3.63) is 35.4 Å². The van der Waals surface area contributed by atoms with Crippen LogP contribution in [-0.2, 0) is 16.0 Å². The van der Waals surface area contributed by atoms with Crippen LogP contribution >= 0.6 is 0 Å². The van der Waals surface area contributed by atoms with Gasteiger partial charge in [0, 0.05) is 12.0 Å². The minimum absolute atomic E-state index is 0.0352. The van der Waals surface area contributed by atoms with Gasteiger partial charge in [-0.1, -0.05) is 12.1 Å². The largest absolute Gasteiger partial charge is 0.481 e. The number of carbonyl (C=O) groups excluding carboxylic acids is 2. The van der Waals surface area contributed by atoms with Crippen LogP contribution in [-0.4, -0.2) is 28.8 Å². The van der Waals surface area contributed by atoms with E-state index in [1.165, 1.54) is 12.1 Å². The summed E-state index contributed by atoms with van der Waals surface area (Å²) in [4.78, 5) is 32.8. The number of benzene rings is 1. The highest BCUT2D eigenvalue weighted by Crippen LogP contribution is 2.06. The molecule has 1 atom stereocenters. The number of primary amides is 1. The first-order chi connectivity index (χ1) is 8.40. The molecule has 0 fully saturated rings. The third-order valence-corrected chi connectivity index (χ3v) is 2.42. The first kappa shape index (κ1) is 13.9. The number of carbonyl (C=O) groups is 3. The number of Topliss-reactive ketones (excluding diaryl/α,β-unsaturated/α-hetero) is 1. The molecule has 0 saturated heterocycles. The molecular formula is C12H14N2O4. The zero-order valence-corrected chi connectivity index (χ0v) is 9.63. The maximum Gasteiger partial charge on any atom is 0.305 e. The number of aliphatic carboxylic acids is 1. The smallest absolute Gasteiger partial charge is 0.305 e. The molecule has 0 heterocycles. The predicted molar refractivity (Wildman–Crippen MR) is 63.9 cm³/mol. The van der Waals surface area contributed by atoms with Gasteiger partial charge in [0.2, 0.25) is 5.91 Å². The van der Waals surface area contributed by atoms with Crippen LogP contribution in [0.4, 0.5) is 0 Å². The summed E-state index contributed by atoms with van der Waals surface area (Å²) < 4.78 is 0. The van der Waals surface area contributed by atoms with E-state index in [0.717, 1.165) is 0 Å². The SMILES string of the molecule is NC(=O)c1ccc(CC(=O)[C@@H](N)CC(=O)O)cc1. The quantitative estimate of drug-likeness (QED) is 0.639. The van der Waals surface area contributed by atoms with Gasteiger partial charge in [0.15, 0.2) is 5.78 Å². The second-order valence-electron chi connectivity index (χ2n) is 3.91. The maximum atomic E-state index is 11.6. The molecule has 18 heavy (non-hydrogen) atoms. The Kier molecular flexibility index (Phi) is 4.56. The average molecular weight is 250 g/mol. The van der Waals surface area contributed by atoms with Gasteiger partial charge in [-0.2, -0.15) is 0 Å². The maximum absolute atomic E-state index is 11.6. The third kappa shape index (κ3) is 3.99. The van der Waals surface area contributed by atoms with Gasteiger partial charge in [-0.3, -0.25) is 14.4 Å². The van der Waals surface area contributed by atoms with E-state index in [-0.39, 0.29) is 12.2 Å². The Morgan fingerprint density at radius 3 is 2.17 bits per heavy atom. The summed E-state index contributed by atoms with van der Waals surface area (Å²) in [6, 6.07) is 5.18. The lowest BCUT2D eigenvalue weighted by Gasteiger charge is -2.08. The number of amides is 1. The summed E-state index contributed by atoms with van der Waals surface area (Å²) in [5, 5.41) is 8.51. The fourth-order valence-corrected chi connectivity index (χ4v) is 1.42. The molecule has 1 rings (SSSR count). The lowest BCUT2D eigenvalue weighted by molar-refractivity contribution is -0.139. The fourth-order valence-electron chi connectivity index (χ4n) is 1.42. The molecule has 0 saturated carbocycles. The second-order valence-corrected chi connectivity index (χ2v) is 3.91. The van der Waals surface area contributed by atoms with Crippen molar-refractivity contribution >= 4 is 17.7 Å². The van der Waals surface area contributed by atoms with Crippen molar-refractivity contribution in [2.75, 3.05) is 0 Å². The number of carboxylic acids is 1. The average Bonchev–Trinajstić information content (AvgIpc) is 2.28. The van der Waals surface area contributed by atoms with Gasteiger partial charge < -0.3 is 16.6 Å².